The van der Waals surface area contributed by atoms with Gasteiger partial charge in [-0.2, -0.15) is 5.10 Å². The number of rotatable bonds is 3. The van der Waals surface area contributed by atoms with Crippen molar-refractivity contribution in [3.8, 4) is 17.0 Å². The van der Waals surface area contributed by atoms with E-state index in [2.05, 4.69) is 53.3 Å². The highest BCUT2D eigenvalue weighted by Crippen LogP contribution is 2.40. The first-order valence-electron chi connectivity index (χ1n) is 8.33. The van der Waals surface area contributed by atoms with Crippen LogP contribution in [0.4, 0.5) is 5.69 Å². The van der Waals surface area contributed by atoms with E-state index in [1.54, 1.807) is 0 Å². The lowest BCUT2D eigenvalue weighted by molar-refractivity contribution is 0.340. The zero-order valence-corrected chi connectivity index (χ0v) is 14.2. The molecule has 24 heavy (non-hydrogen) atoms. The van der Waals surface area contributed by atoms with Gasteiger partial charge in [-0.1, -0.05) is 30.3 Å². The summed E-state index contributed by atoms with van der Waals surface area (Å²) >= 11 is 0. The molecule has 1 aromatic heterocycles. The Morgan fingerprint density at radius 3 is 2.67 bits per heavy atom. The second kappa shape index (κ2) is 5.71. The number of aromatic nitrogens is 2. The maximum atomic E-state index is 5.55. The van der Waals surface area contributed by atoms with Gasteiger partial charge < -0.3 is 10.1 Å². The second-order valence-corrected chi connectivity index (χ2v) is 6.16. The number of ether oxygens (including phenoxy) is 1. The fourth-order valence-corrected chi connectivity index (χ4v) is 3.32. The van der Waals surface area contributed by atoms with E-state index in [9.17, 15) is 0 Å². The fourth-order valence-electron chi connectivity index (χ4n) is 3.32. The molecular formula is C20H21N3O. The highest BCUT2D eigenvalue weighted by molar-refractivity contribution is 5.81. The normalized spacial score (nSPS) is 15.4. The van der Waals surface area contributed by atoms with Crippen molar-refractivity contribution < 1.29 is 4.74 Å². The van der Waals surface area contributed by atoms with Crippen LogP contribution in [0, 0.1) is 13.8 Å². The van der Waals surface area contributed by atoms with Gasteiger partial charge in [-0.05, 0) is 50.1 Å². The molecule has 0 saturated carbocycles. The molecular weight excluding hydrogens is 298 g/mol. The Balaban J connectivity index is 1.81. The molecule has 0 unspecified atom stereocenters. The van der Waals surface area contributed by atoms with E-state index in [4.69, 9.17) is 9.84 Å². The Kier molecular flexibility index (Phi) is 3.53. The largest absolute Gasteiger partial charge is 0.494 e. The highest BCUT2D eigenvalue weighted by Gasteiger charge is 2.27. The summed E-state index contributed by atoms with van der Waals surface area (Å²) in [5.74, 6) is 0.894. The third-order valence-corrected chi connectivity index (χ3v) is 4.44. The molecule has 0 saturated heterocycles. The van der Waals surface area contributed by atoms with Gasteiger partial charge in [0.2, 0.25) is 0 Å². The molecule has 0 bridgehead atoms. The number of anilines is 1. The van der Waals surface area contributed by atoms with E-state index < -0.39 is 0 Å². The summed E-state index contributed by atoms with van der Waals surface area (Å²) in [6, 6.07) is 16.8. The molecule has 1 aliphatic rings. The minimum absolute atomic E-state index is 0.0158. The monoisotopic (exact) mass is 319 g/mol. The number of fused-ring (bicyclic) bond motifs is 3. The van der Waals surface area contributed by atoms with Crippen molar-refractivity contribution in [1.29, 1.82) is 0 Å². The summed E-state index contributed by atoms with van der Waals surface area (Å²) < 4.78 is 7.63. The quantitative estimate of drug-likeness (QED) is 0.770. The number of nitrogens with zero attached hydrogens (tertiary/aromatic N) is 2. The maximum absolute atomic E-state index is 5.55. The molecule has 3 aromatic rings. The SMILES string of the molecule is CCOc1ccc([C@H]2Nc3c(C)cccc3-c3cc(C)nn32)cc1. The van der Waals surface area contributed by atoms with Gasteiger partial charge >= 0.3 is 0 Å². The van der Waals surface area contributed by atoms with Crippen LogP contribution in [-0.4, -0.2) is 16.4 Å². The van der Waals surface area contributed by atoms with Crippen LogP contribution in [0.25, 0.3) is 11.3 Å². The fraction of sp³-hybridized carbons (Fsp3) is 0.250. The van der Waals surface area contributed by atoms with Crippen LogP contribution in [0.3, 0.4) is 0 Å². The van der Waals surface area contributed by atoms with Crippen LogP contribution in [0.5, 0.6) is 5.75 Å². The van der Waals surface area contributed by atoms with E-state index in [0.29, 0.717) is 6.61 Å². The lowest BCUT2D eigenvalue weighted by Gasteiger charge is -2.30. The minimum Gasteiger partial charge on any atom is -0.494 e. The zero-order chi connectivity index (χ0) is 16.7. The first-order chi connectivity index (χ1) is 11.7. The second-order valence-electron chi connectivity index (χ2n) is 6.16. The summed E-state index contributed by atoms with van der Waals surface area (Å²) in [5, 5.41) is 8.38. The summed E-state index contributed by atoms with van der Waals surface area (Å²) in [6.07, 6.45) is -0.0158. The van der Waals surface area contributed by atoms with Gasteiger partial charge in [-0.3, -0.25) is 0 Å². The smallest absolute Gasteiger partial charge is 0.147 e. The molecule has 0 aliphatic carbocycles. The lowest BCUT2D eigenvalue weighted by Crippen LogP contribution is -2.26. The molecule has 4 rings (SSSR count). The summed E-state index contributed by atoms with van der Waals surface area (Å²) in [5.41, 5.74) is 6.98. The Bertz CT molecular complexity index is 880. The van der Waals surface area contributed by atoms with Crippen molar-refractivity contribution in [2.24, 2.45) is 0 Å². The third-order valence-electron chi connectivity index (χ3n) is 4.44. The average molecular weight is 319 g/mol. The average Bonchev–Trinajstić information content (AvgIpc) is 2.97. The van der Waals surface area contributed by atoms with Crippen molar-refractivity contribution in [2.75, 3.05) is 11.9 Å². The first-order valence-corrected chi connectivity index (χ1v) is 8.33. The van der Waals surface area contributed by atoms with Gasteiger partial charge in [0.05, 0.1) is 18.0 Å². The highest BCUT2D eigenvalue weighted by atomic mass is 16.5. The van der Waals surface area contributed by atoms with Crippen LogP contribution in [0.15, 0.2) is 48.5 Å². The van der Waals surface area contributed by atoms with Crippen molar-refractivity contribution in [3.63, 3.8) is 0 Å². The van der Waals surface area contributed by atoms with Crippen LogP contribution in [-0.2, 0) is 0 Å². The Morgan fingerprint density at radius 1 is 1.12 bits per heavy atom. The predicted molar refractivity (Wildman–Crippen MR) is 96.5 cm³/mol. The molecule has 0 fully saturated rings. The van der Waals surface area contributed by atoms with Crippen molar-refractivity contribution in [2.45, 2.75) is 26.9 Å². The molecule has 2 aromatic carbocycles. The molecule has 2 heterocycles. The van der Waals surface area contributed by atoms with E-state index in [0.717, 1.165) is 22.7 Å². The van der Waals surface area contributed by atoms with Crippen LogP contribution >= 0.6 is 0 Å². The Morgan fingerprint density at radius 2 is 1.92 bits per heavy atom. The molecule has 0 amide bonds. The number of hydrogen-bond donors (Lipinski definition) is 1. The van der Waals surface area contributed by atoms with Gasteiger partial charge in [0.15, 0.2) is 0 Å². The minimum atomic E-state index is -0.0158. The van der Waals surface area contributed by atoms with E-state index in [1.165, 1.54) is 16.8 Å². The summed E-state index contributed by atoms with van der Waals surface area (Å²) in [6.45, 7) is 6.85. The van der Waals surface area contributed by atoms with Crippen molar-refractivity contribution >= 4 is 5.69 Å². The van der Waals surface area contributed by atoms with Gasteiger partial charge in [-0.15, -0.1) is 0 Å². The molecule has 1 atom stereocenters. The number of benzene rings is 2. The van der Waals surface area contributed by atoms with Gasteiger partial charge in [0, 0.05) is 11.3 Å². The maximum Gasteiger partial charge on any atom is 0.147 e. The standard InChI is InChI=1S/C20H21N3O/c1-4-24-16-10-8-15(9-11-16)20-21-19-13(2)6-5-7-17(19)18-12-14(3)22-23(18)20/h5-12,20-21H,4H2,1-3H3/t20-/m0/s1. The topological polar surface area (TPSA) is 39.1 Å². The molecule has 1 N–H and O–H groups in total. The van der Waals surface area contributed by atoms with E-state index in [-0.39, 0.29) is 6.17 Å². The van der Waals surface area contributed by atoms with Crippen LogP contribution in [0.1, 0.15) is 29.9 Å². The first kappa shape index (κ1) is 14.8. The third kappa shape index (κ3) is 2.35. The molecule has 4 heteroatoms. The van der Waals surface area contributed by atoms with E-state index in [1.807, 2.05) is 26.0 Å². The molecule has 122 valence electrons. The summed E-state index contributed by atoms with van der Waals surface area (Å²) in [7, 11) is 0. The van der Waals surface area contributed by atoms with Gasteiger partial charge in [0.1, 0.15) is 11.9 Å². The predicted octanol–water partition coefficient (Wildman–Crippen LogP) is 4.54. The molecule has 1 aliphatic heterocycles. The summed E-state index contributed by atoms with van der Waals surface area (Å²) in [4.78, 5) is 0. The van der Waals surface area contributed by atoms with Crippen LogP contribution in [0.2, 0.25) is 0 Å². The number of nitrogens with one attached hydrogen (secondary N) is 1. The Labute approximate surface area is 142 Å². The van der Waals surface area contributed by atoms with Crippen molar-refractivity contribution in [1.82, 2.24) is 9.78 Å². The zero-order valence-electron chi connectivity index (χ0n) is 14.2. The van der Waals surface area contributed by atoms with Crippen LogP contribution < -0.4 is 10.1 Å². The molecule has 0 spiro atoms. The number of aryl methyl sites for hydroxylation is 2. The lowest BCUT2D eigenvalue weighted by atomic mass is 10.0. The number of hydrogen-bond acceptors (Lipinski definition) is 3. The van der Waals surface area contributed by atoms with Crippen molar-refractivity contribution in [3.05, 3.63) is 65.4 Å². The van der Waals surface area contributed by atoms with E-state index >= 15 is 0 Å². The Hall–Kier alpha value is -2.75. The van der Waals surface area contributed by atoms with Gasteiger partial charge in [-0.25, -0.2) is 4.68 Å². The molecule has 0 radical (unpaired) electrons. The number of para-hydroxylation sites is 1. The van der Waals surface area contributed by atoms with Gasteiger partial charge in [0.25, 0.3) is 0 Å². The molecule has 4 nitrogen and oxygen atoms in total.